The van der Waals surface area contributed by atoms with Gasteiger partial charge in [-0.25, -0.2) is 0 Å². The molecule has 0 atom stereocenters. The van der Waals surface area contributed by atoms with Gasteiger partial charge in [-0.1, -0.05) is 23.4 Å². The molecule has 0 radical (unpaired) electrons. The predicted molar refractivity (Wildman–Crippen MR) is 89.7 cm³/mol. The number of thioether (sulfide) groups is 1. The molecule has 23 heavy (non-hydrogen) atoms. The predicted octanol–water partition coefficient (Wildman–Crippen LogP) is 2.55. The third kappa shape index (κ3) is 3.92. The normalized spacial score (nSPS) is 11.7. The van der Waals surface area contributed by atoms with E-state index >= 15 is 0 Å². The molecule has 0 fully saturated rings. The zero-order chi connectivity index (χ0) is 17.0. The Balaban J connectivity index is 2.15. The first-order valence-corrected chi connectivity index (χ1v) is 7.98. The van der Waals surface area contributed by atoms with Crippen molar-refractivity contribution in [1.82, 2.24) is 14.8 Å². The highest BCUT2D eigenvalue weighted by Gasteiger charge is 2.16. The lowest BCUT2D eigenvalue weighted by Gasteiger charge is -2.04. The number of nitrogens with two attached hydrogens (primary N) is 1. The van der Waals surface area contributed by atoms with Gasteiger partial charge in [0, 0.05) is 23.3 Å². The third-order valence-electron chi connectivity index (χ3n) is 3.05. The highest BCUT2D eigenvalue weighted by Crippen LogP contribution is 2.24. The summed E-state index contributed by atoms with van der Waals surface area (Å²) in [5.74, 6) is 0.417. The number of hydrogen-bond donors (Lipinski definition) is 1. The monoisotopic (exact) mass is 347 g/mol. The average molecular weight is 348 g/mol. The molecule has 0 saturated carbocycles. The second-order valence-electron chi connectivity index (χ2n) is 4.75. The summed E-state index contributed by atoms with van der Waals surface area (Å²) in [5, 5.41) is 18.4. The number of hydrogen-bond acceptors (Lipinski definition) is 6. The summed E-state index contributed by atoms with van der Waals surface area (Å²) in [4.78, 5) is 12.0. The van der Waals surface area contributed by atoms with E-state index < -0.39 is 0 Å². The zero-order valence-electron chi connectivity index (χ0n) is 12.6. The third-order valence-corrected chi connectivity index (χ3v) is 4.33. The average Bonchev–Trinajstić information content (AvgIpc) is 2.87. The van der Waals surface area contributed by atoms with E-state index in [9.17, 15) is 4.79 Å². The Morgan fingerprint density at radius 1 is 1.39 bits per heavy atom. The fourth-order valence-corrected chi connectivity index (χ4v) is 2.77. The Morgan fingerprint density at radius 2 is 2.04 bits per heavy atom. The molecule has 2 rings (SSSR count). The van der Waals surface area contributed by atoms with Crippen molar-refractivity contribution in [3.05, 3.63) is 40.6 Å². The number of benzene rings is 1. The summed E-state index contributed by atoms with van der Waals surface area (Å²) in [6.07, 6.45) is 0. The molecular weight excluding hydrogens is 334 g/mol. The number of carbonyl (C=O) groups excluding carboxylic acids is 1. The van der Waals surface area contributed by atoms with Gasteiger partial charge in [-0.15, -0.1) is 10.2 Å². The van der Waals surface area contributed by atoms with Crippen LogP contribution in [-0.4, -0.2) is 26.3 Å². The van der Waals surface area contributed by atoms with E-state index in [1.807, 2.05) is 25.2 Å². The van der Waals surface area contributed by atoms with E-state index in [2.05, 4.69) is 10.2 Å². The van der Waals surface area contributed by atoms with E-state index in [4.69, 9.17) is 22.6 Å². The maximum Gasteiger partial charge on any atom is 0.191 e. The van der Waals surface area contributed by atoms with Crippen LogP contribution in [0.3, 0.4) is 0 Å². The zero-order valence-corrected chi connectivity index (χ0v) is 14.1. The van der Waals surface area contributed by atoms with E-state index in [0.717, 1.165) is 5.56 Å². The molecule has 0 aliphatic heterocycles. The number of nitriles is 1. The lowest BCUT2D eigenvalue weighted by Crippen LogP contribution is -2.10. The molecule has 1 aromatic carbocycles. The lowest BCUT2D eigenvalue weighted by molar-refractivity contribution is -0.112. The number of ketones is 1. The van der Waals surface area contributed by atoms with Crippen molar-refractivity contribution in [2.24, 2.45) is 12.8 Å². The van der Waals surface area contributed by atoms with Gasteiger partial charge >= 0.3 is 0 Å². The number of Topliss-reactive ketones (excluding diaryl/α,β-unsaturated/α-hetero) is 1. The second kappa shape index (κ2) is 7.31. The molecule has 2 N–H and O–H groups in total. The van der Waals surface area contributed by atoms with Crippen LogP contribution in [0.25, 0.3) is 11.4 Å². The van der Waals surface area contributed by atoms with Crippen molar-refractivity contribution < 1.29 is 4.79 Å². The van der Waals surface area contributed by atoms with E-state index in [1.165, 1.54) is 18.7 Å². The Hall–Kier alpha value is -2.30. The van der Waals surface area contributed by atoms with Gasteiger partial charge in [0.1, 0.15) is 11.6 Å². The molecular formula is C15H14ClN5OS. The largest absolute Gasteiger partial charge is 0.401 e. The number of nitrogens with zero attached hydrogens (tertiary/aromatic N) is 4. The molecule has 6 nitrogen and oxygen atoms in total. The van der Waals surface area contributed by atoms with Crippen LogP contribution < -0.4 is 5.73 Å². The fourth-order valence-electron chi connectivity index (χ4n) is 1.86. The van der Waals surface area contributed by atoms with Gasteiger partial charge in [-0.3, -0.25) is 4.79 Å². The Bertz CT molecular complexity index is 800. The summed E-state index contributed by atoms with van der Waals surface area (Å²) in [6, 6.07) is 9.07. The topological polar surface area (TPSA) is 97.6 Å². The molecule has 0 aliphatic rings. The molecule has 8 heteroatoms. The van der Waals surface area contributed by atoms with Gasteiger partial charge in [-0.05, 0) is 31.2 Å². The molecule has 1 heterocycles. The van der Waals surface area contributed by atoms with Crippen LogP contribution in [0, 0.1) is 11.3 Å². The van der Waals surface area contributed by atoms with Crippen molar-refractivity contribution in [1.29, 1.82) is 5.26 Å². The molecule has 0 amide bonds. The second-order valence-corrected chi connectivity index (χ2v) is 6.13. The minimum absolute atomic E-state index is 0.0161. The summed E-state index contributed by atoms with van der Waals surface area (Å²) < 4.78 is 1.78. The van der Waals surface area contributed by atoms with Gasteiger partial charge in [0.05, 0.1) is 5.75 Å². The van der Waals surface area contributed by atoms with Crippen molar-refractivity contribution >= 4 is 29.1 Å². The van der Waals surface area contributed by atoms with Crippen LogP contribution in [0.1, 0.15) is 6.92 Å². The van der Waals surface area contributed by atoms with Gasteiger partial charge < -0.3 is 10.3 Å². The number of rotatable bonds is 5. The van der Waals surface area contributed by atoms with Gasteiger partial charge in [0.15, 0.2) is 16.8 Å². The SMILES string of the molecule is C/C(N)=C(\C#N)C(=O)CSc1nnc(-c2ccc(Cl)cc2)n1C. The molecule has 118 valence electrons. The van der Waals surface area contributed by atoms with Crippen LogP contribution >= 0.6 is 23.4 Å². The standard InChI is InChI=1S/C15H14ClN5OS/c1-9(18)12(7-17)13(22)8-23-15-20-19-14(21(15)2)10-3-5-11(16)6-4-10/h3-6H,8,18H2,1-2H3/b12-9-. The first kappa shape index (κ1) is 17.1. The summed E-state index contributed by atoms with van der Waals surface area (Å²) >= 11 is 7.08. The molecule has 0 unspecified atom stereocenters. The van der Waals surface area contributed by atoms with Crippen molar-refractivity contribution in [2.45, 2.75) is 12.1 Å². The first-order valence-electron chi connectivity index (χ1n) is 6.61. The van der Waals surface area contributed by atoms with E-state index in [0.29, 0.717) is 16.0 Å². The van der Waals surface area contributed by atoms with E-state index in [-0.39, 0.29) is 22.8 Å². The molecule has 1 aromatic heterocycles. The number of aromatic nitrogens is 3. The van der Waals surface area contributed by atoms with E-state index in [1.54, 1.807) is 16.7 Å². The van der Waals surface area contributed by atoms with Crippen LogP contribution in [0.5, 0.6) is 0 Å². The Labute approximate surface area is 143 Å². The highest BCUT2D eigenvalue weighted by molar-refractivity contribution is 7.99. The molecule has 0 saturated heterocycles. The summed E-state index contributed by atoms with van der Waals surface area (Å²) in [5.41, 5.74) is 6.60. The van der Waals surface area contributed by atoms with Gasteiger partial charge in [0.25, 0.3) is 0 Å². The van der Waals surface area contributed by atoms with Gasteiger partial charge in [0.2, 0.25) is 0 Å². The number of allylic oxidation sites excluding steroid dienone is 2. The fraction of sp³-hybridized carbons (Fsp3) is 0.200. The van der Waals surface area contributed by atoms with Crippen molar-refractivity contribution in [2.75, 3.05) is 5.75 Å². The molecule has 0 aliphatic carbocycles. The first-order chi connectivity index (χ1) is 10.9. The molecule has 0 bridgehead atoms. The van der Waals surface area contributed by atoms with Crippen molar-refractivity contribution in [3.63, 3.8) is 0 Å². The minimum Gasteiger partial charge on any atom is -0.401 e. The summed E-state index contributed by atoms with van der Waals surface area (Å²) in [6.45, 7) is 1.53. The maximum absolute atomic E-state index is 12.0. The minimum atomic E-state index is -0.325. The van der Waals surface area contributed by atoms with Crippen LogP contribution in [0.2, 0.25) is 5.02 Å². The number of halogens is 1. The van der Waals surface area contributed by atoms with Crippen LogP contribution in [0.15, 0.2) is 40.7 Å². The smallest absolute Gasteiger partial charge is 0.191 e. The number of carbonyl (C=O) groups is 1. The highest BCUT2D eigenvalue weighted by atomic mass is 35.5. The quantitative estimate of drug-likeness (QED) is 0.507. The Morgan fingerprint density at radius 3 is 2.61 bits per heavy atom. The van der Waals surface area contributed by atoms with Crippen molar-refractivity contribution in [3.8, 4) is 17.5 Å². The molecule has 0 spiro atoms. The Kier molecular flexibility index (Phi) is 5.42. The lowest BCUT2D eigenvalue weighted by atomic mass is 10.2. The van der Waals surface area contributed by atoms with Crippen LogP contribution in [0.4, 0.5) is 0 Å². The maximum atomic E-state index is 12.0. The van der Waals surface area contributed by atoms with Crippen LogP contribution in [-0.2, 0) is 11.8 Å². The molecule has 2 aromatic rings. The summed E-state index contributed by atoms with van der Waals surface area (Å²) in [7, 11) is 1.81. The van der Waals surface area contributed by atoms with Gasteiger partial charge in [-0.2, -0.15) is 5.26 Å².